The second-order valence-corrected chi connectivity index (χ2v) is 12.5. The lowest BCUT2D eigenvalue weighted by molar-refractivity contribution is -0.170. The summed E-state index contributed by atoms with van der Waals surface area (Å²) < 4.78 is 7.94. The van der Waals surface area contributed by atoms with E-state index in [1.165, 1.54) is 20.5 Å². The standard InChI is InChI=1S/C25H29NO2S.C6H8O7/c1-26(2)17-19-16-24(13-14-25(19,27)18-8-4-3-5-9-18)23-21(12-15-28-24)20-10-6-7-11-22(20)29-23;7-3(8)1-6(13,5(11)12)2-4(9)10/h3-11,19,27H,12-17H2,1-2H3;13H,1-2H2,(H,7,8)(H,9,10)(H,11,12). The van der Waals surface area contributed by atoms with Crippen LogP contribution < -0.4 is 0 Å². The van der Waals surface area contributed by atoms with E-state index >= 15 is 0 Å². The first-order valence-corrected chi connectivity index (χ1v) is 14.6. The molecule has 0 radical (unpaired) electrons. The molecule has 5 N–H and O–H groups in total. The molecule has 3 unspecified atom stereocenters. The number of hydrogen-bond acceptors (Lipinski definition) is 8. The first-order chi connectivity index (χ1) is 19.8. The fraction of sp³-hybridized carbons (Fsp3) is 0.452. The number of carboxylic acids is 3. The zero-order valence-electron chi connectivity index (χ0n) is 23.7. The van der Waals surface area contributed by atoms with Gasteiger partial charge in [0.25, 0.3) is 0 Å². The van der Waals surface area contributed by atoms with Crippen molar-refractivity contribution in [3.63, 3.8) is 0 Å². The molecular formula is C31H37NO9S. The van der Waals surface area contributed by atoms with Gasteiger partial charge < -0.3 is 35.2 Å². The third-order valence-corrected chi connectivity index (χ3v) is 9.55. The number of nitrogens with zero attached hydrogens (tertiary/aromatic N) is 1. The highest BCUT2D eigenvalue weighted by molar-refractivity contribution is 7.19. The second-order valence-electron chi connectivity index (χ2n) is 11.4. The SMILES string of the molecule is CN(C)CC1CC2(CCC1(O)c1ccccc1)OCCc1c2sc2ccccc12.O=C(O)CC(O)(CC(=O)O)C(=O)O. The highest BCUT2D eigenvalue weighted by Crippen LogP contribution is 2.55. The van der Waals surface area contributed by atoms with Gasteiger partial charge >= 0.3 is 17.9 Å². The van der Waals surface area contributed by atoms with Crippen molar-refractivity contribution in [2.24, 2.45) is 5.92 Å². The number of aliphatic hydroxyl groups is 2. The maximum Gasteiger partial charge on any atom is 0.336 e. The van der Waals surface area contributed by atoms with Gasteiger partial charge in [0, 0.05) is 22.0 Å². The Labute approximate surface area is 247 Å². The number of fused-ring (bicyclic) bond motifs is 4. The van der Waals surface area contributed by atoms with Crippen molar-refractivity contribution in [1.82, 2.24) is 4.90 Å². The Bertz CT molecular complexity index is 1420. The molecule has 10 nitrogen and oxygen atoms in total. The molecule has 1 fully saturated rings. The number of hydrogen-bond donors (Lipinski definition) is 5. The van der Waals surface area contributed by atoms with E-state index in [1.54, 1.807) is 0 Å². The molecular weight excluding hydrogens is 562 g/mol. The third-order valence-electron chi connectivity index (χ3n) is 8.15. The van der Waals surface area contributed by atoms with E-state index in [4.69, 9.17) is 25.2 Å². The zero-order valence-corrected chi connectivity index (χ0v) is 24.5. The second kappa shape index (κ2) is 12.5. The number of benzene rings is 2. The van der Waals surface area contributed by atoms with Crippen LogP contribution in [0.3, 0.4) is 0 Å². The number of carbonyl (C=O) groups is 3. The predicted molar refractivity (Wildman–Crippen MR) is 156 cm³/mol. The smallest absolute Gasteiger partial charge is 0.336 e. The van der Waals surface area contributed by atoms with Crippen LogP contribution >= 0.6 is 11.3 Å². The summed E-state index contributed by atoms with van der Waals surface area (Å²) in [5.41, 5.74) is -1.30. The van der Waals surface area contributed by atoms with Crippen LogP contribution in [0.25, 0.3) is 10.1 Å². The Morgan fingerprint density at radius 2 is 1.60 bits per heavy atom. The van der Waals surface area contributed by atoms with Gasteiger partial charge in [0.15, 0.2) is 5.60 Å². The molecule has 226 valence electrons. The van der Waals surface area contributed by atoms with Crippen LogP contribution in [0.1, 0.15) is 48.1 Å². The van der Waals surface area contributed by atoms with Gasteiger partial charge in [0.2, 0.25) is 0 Å². The van der Waals surface area contributed by atoms with Crippen LogP contribution in [0.5, 0.6) is 0 Å². The largest absolute Gasteiger partial charge is 0.481 e. The van der Waals surface area contributed by atoms with Gasteiger partial charge in [0.05, 0.1) is 25.0 Å². The zero-order chi connectivity index (χ0) is 30.7. The van der Waals surface area contributed by atoms with Gasteiger partial charge in [-0.05, 0) is 62.4 Å². The van der Waals surface area contributed by atoms with Crippen LogP contribution in [0.15, 0.2) is 54.6 Å². The highest BCUT2D eigenvalue weighted by atomic mass is 32.1. The van der Waals surface area contributed by atoms with Crippen molar-refractivity contribution in [3.05, 3.63) is 70.6 Å². The van der Waals surface area contributed by atoms with Gasteiger partial charge in [-0.15, -0.1) is 11.3 Å². The molecule has 42 heavy (non-hydrogen) atoms. The normalized spacial score (nSPS) is 23.7. The summed E-state index contributed by atoms with van der Waals surface area (Å²) in [5, 5.41) is 47.1. The van der Waals surface area contributed by atoms with Crippen LogP contribution in [0, 0.1) is 5.92 Å². The summed E-state index contributed by atoms with van der Waals surface area (Å²) in [6.07, 6.45) is 1.15. The molecule has 3 aromatic rings. The van der Waals surface area contributed by atoms with Crippen molar-refractivity contribution in [3.8, 4) is 0 Å². The van der Waals surface area contributed by atoms with Crippen LogP contribution in [0.4, 0.5) is 0 Å². The number of rotatable bonds is 8. The van der Waals surface area contributed by atoms with E-state index in [0.29, 0.717) is 0 Å². The first-order valence-electron chi connectivity index (χ1n) is 13.8. The fourth-order valence-corrected chi connectivity index (χ4v) is 7.64. The van der Waals surface area contributed by atoms with Crippen molar-refractivity contribution in [1.29, 1.82) is 0 Å². The van der Waals surface area contributed by atoms with E-state index < -0.39 is 42.0 Å². The van der Waals surface area contributed by atoms with Crippen molar-refractivity contribution in [2.45, 2.75) is 55.3 Å². The van der Waals surface area contributed by atoms with E-state index in [1.807, 2.05) is 29.5 Å². The molecule has 11 heteroatoms. The average Bonchev–Trinajstić information content (AvgIpc) is 3.31. The summed E-state index contributed by atoms with van der Waals surface area (Å²) >= 11 is 1.90. The van der Waals surface area contributed by atoms with Crippen molar-refractivity contribution < 1.29 is 44.7 Å². The highest BCUT2D eigenvalue weighted by Gasteiger charge is 2.53. The van der Waals surface area contributed by atoms with Crippen molar-refractivity contribution in [2.75, 3.05) is 27.2 Å². The van der Waals surface area contributed by atoms with Crippen molar-refractivity contribution >= 4 is 39.3 Å². The van der Waals surface area contributed by atoms with Gasteiger partial charge in [0.1, 0.15) is 5.60 Å². The number of aliphatic carboxylic acids is 3. The van der Waals surface area contributed by atoms with Crippen LogP contribution in [-0.2, 0) is 36.7 Å². The molecule has 0 bridgehead atoms. The molecule has 0 saturated heterocycles. The van der Waals surface area contributed by atoms with Gasteiger partial charge in [-0.1, -0.05) is 48.5 Å². The molecule has 1 aliphatic carbocycles. The minimum Gasteiger partial charge on any atom is -0.481 e. The maximum atomic E-state index is 11.9. The molecule has 2 aromatic carbocycles. The lowest BCUT2D eigenvalue weighted by atomic mass is 9.64. The summed E-state index contributed by atoms with van der Waals surface area (Å²) in [7, 11) is 4.19. The lowest BCUT2D eigenvalue weighted by Gasteiger charge is -2.51. The molecule has 5 rings (SSSR count). The topological polar surface area (TPSA) is 165 Å². The number of thiophene rings is 1. The van der Waals surface area contributed by atoms with E-state index in [-0.39, 0.29) is 11.5 Å². The van der Waals surface area contributed by atoms with Crippen LogP contribution in [-0.4, -0.2) is 81.2 Å². The van der Waals surface area contributed by atoms with E-state index in [0.717, 1.165) is 44.4 Å². The summed E-state index contributed by atoms with van der Waals surface area (Å²) in [6, 6.07) is 19.0. The third kappa shape index (κ3) is 6.50. The monoisotopic (exact) mass is 599 g/mol. The molecule has 1 spiro atoms. The molecule has 2 heterocycles. The number of ether oxygens (including phenoxy) is 1. The maximum absolute atomic E-state index is 11.9. The molecule has 1 aliphatic heterocycles. The lowest BCUT2D eigenvalue weighted by Crippen LogP contribution is -2.51. The molecule has 3 atom stereocenters. The van der Waals surface area contributed by atoms with Gasteiger partial charge in [-0.25, -0.2) is 4.79 Å². The Balaban J connectivity index is 0.000000266. The molecule has 1 saturated carbocycles. The molecule has 1 aromatic heterocycles. The Hall–Kier alpha value is -3.35. The summed E-state index contributed by atoms with van der Waals surface area (Å²) in [4.78, 5) is 34.1. The predicted octanol–water partition coefficient (Wildman–Crippen LogP) is 3.67. The average molecular weight is 600 g/mol. The molecule has 2 aliphatic rings. The van der Waals surface area contributed by atoms with Crippen LogP contribution in [0.2, 0.25) is 0 Å². The Morgan fingerprint density at radius 1 is 0.976 bits per heavy atom. The van der Waals surface area contributed by atoms with E-state index in [2.05, 4.69) is 55.4 Å². The molecule has 0 amide bonds. The van der Waals surface area contributed by atoms with Gasteiger partial charge in [-0.3, -0.25) is 9.59 Å². The summed E-state index contributed by atoms with van der Waals surface area (Å²) in [6.45, 7) is 1.61. The minimum atomic E-state index is -2.74. The number of carboxylic acid groups (broad SMARTS) is 3. The fourth-order valence-electron chi connectivity index (χ4n) is 6.21. The Morgan fingerprint density at radius 3 is 2.19 bits per heavy atom. The quantitative estimate of drug-likeness (QED) is 0.258. The minimum absolute atomic E-state index is 0.116. The summed E-state index contributed by atoms with van der Waals surface area (Å²) in [5.74, 6) is -4.90. The Kier molecular flexibility index (Phi) is 9.39. The van der Waals surface area contributed by atoms with E-state index in [9.17, 15) is 19.5 Å². The van der Waals surface area contributed by atoms with Gasteiger partial charge in [-0.2, -0.15) is 0 Å². The first kappa shape index (κ1) is 31.6.